The average molecular weight is 525 g/mol. The number of aryl methyl sites for hydroxylation is 1. The molecule has 200 valence electrons. The number of piperidine rings is 1. The van der Waals surface area contributed by atoms with E-state index in [1.54, 1.807) is 36.3 Å². The van der Waals surface area contributed by atoms with Gasteiger partial charge in [-0.2, -0.15) is 10.2 Å². The molecule has 1 fully saturated rings. The molecule has 4 aromatic rings. The van der Waals surface area contributed by atoms with Gasteiger partial charge in [0.15, 0.2) is 5.65 Å². The molecule has 2 aliphatic rings. The van der Waals surface area contributed by atoms with Crippen molar-refractivity contribution in [2.45, 2.75) is 38.9 Å². The highest BCUT2D eigenvalue weighted by Crippen LogP contribution is 2.30. The van der Waals surface area contributed by atoms with Crippen molar-refractivity contribution in [1.82, 2.24) is 29.8 Å². The van der Waals surface area contributed by atoms with Gasteiger partial charge in [-0.25, -0.2) is 19.5 Å². The Morgan fingerprint density at radius 3 is 2.79 bits per heavy atom. The number of nitrogens with zero attached hydrogens (tertiary/aromatic N) is 7. The summed E-state index contributed by atoms with van der Waals surface area (Å²) in [6.07, 6.45) is 9.45. The van der Waals surface area contributed by atoms with Gasteiger partial charge in [0.05, 0.1) is 19.0 Å². The molecule has 0 radical (unpaired) electrons. The quantitative estimate of drug-likeness (QED) is 0.394. The fourth-order valence-electron chi connectivity index (χ4n) is 5.40. The number of aromatic nitrogens is 4. The predicted molar refractivity (Wildman–Crippen MR) is 149 cm³/mol. The topological polar surface area (TPSA) is 100 Å². The molecule has 0 spiro atoms. The van der Waals surface area contributed by atoms with Crippen molar-refractivity contribution >= 4 is 23.0 Å². The molecule has 3 aromatic heterocycles. The highest BCUT2D eigenvalue weighted by molar-refractivity contribution is 6.00. The number of carbonyl (C=O) groups excluding carboxylic acids is 1. The summed E-state index contributed by atoms with van der Waals surface area (Å²) in [5.74, 6) is 0.734. The van der Waals surface area contributed by atoms with E-state index in [0.29, 0.717) is 29.4 Å². The van der Waals surface area contributed by atoms with Crippen LogP contribution in [0, 0.1) is 12.8 Å². The zero-order valence-electron chi connectivity index (χ0n) is 22.2. The third-order valence-electron chi connectivity index (χ3n) is 7.44. The van der Waals surface area contributed by atoms with E-state index >= 15 is 0 Å². The monoisotopic (exact) mass is 524 g/mol. The predicted octanol–water partition coefficient (Wildman–Crippen LogP) is 3.68. The van der Waals surface area contributed by atoms with Crippen molar-refractivity contribution < 1.29 is 9.53 Å². The van der Waals surface area contributed by atoms with Crippen LogP contribution in [0.3, 0.4) is 0 Å². The highest BCUT2D eigenvalue weighted by Gasteiger charge is 2.35. The minimum absolute atomic E-state index is 0.209. The zero-order chi connectivity index (χ0) is 26.8. The van der Waals surface area contributed by atoms with Crippen molar-refractivity contribution in [3.63, 3.8) is 0 Å². The first-order valence-corrected chi connectivity index (χ1v) is 13.3. The maximum atomic E-state index is 13.4. The fraction of sp³-hybridized carbons (Fsp3) is 0.345. The smallest absolute Gasteiger partial charge is 0.258 e. The Labute approximate surface area is 227 Å². The minimum Gasteiger partial charge on any atom is -0.481 e. The molecule has 10 heteroatoms. The van der Waals surface area contributed by atoms with E-state index in [0.717, 1.165) is 43.9 Å². The number of nitrogens with one attached hydrogen (secondary N) is 1. The number of hydrogen-bond donors (Lipinski definition) is 1. The number of carbonyl (C=O) groups is 1. The number of hydrogen-bond acceptors (Lipinski definition) is 8. The molecule has 10 nitrogen and oxygen atoms in total. The van der Waals surface area contributed by atoms with Gasteiger partial charge in [-0.1, -0.05) is 23.8 Å². The summed E-state index contributed by atoms with van der Waals surface area (Å²) in [5.41, 5.74) is 5.40. The third kappa shape index (κ3) is 5.33. The van der Waals surface area contributed by atoms with E-state index in [-0.39, 0.29) is 12.1 Å². The standard InChI is InChI=1S/C29H32N8O2/c1-20-6-9-23(10-7-20)37-26(33-29(38)24-17-32-36-14-4-12-30-28(24)36)15-25(34-37)22-5-3-13-35(19-22)18-21-8-11-27(39-2)31-16-21/h4,6-12,14,16-17,22,26H,3,5,13,15,18-19H2,1-2H3,(H,33,38). The molecule has 2 aliphatic heterocycles. The van der Waals surface area contributed by atoms with E-state index < -0.39 is 0 Å². The van der Waals surface area contributed by atoms with E-state index in [4.69, 9.17) is 9.84 Å². The van der Waals surface area contributed by atoms with Crippen molar-refractivity contribution in [2.24, 2.45) is 11.0 Å². The molecule has 1 N–H and O–H groups in total. The first kappa shape index (κ1) is 25.0. The van der Waals surface area contributed by atoms with Crippen LogP contribution in [0.2, 0.25) is 0 Å². The van der Waals surface area contributed by atoms with Crippen molar-refractivity contribution in [1.29, 1.82) is 0 Å². The van der Waals surface area contributed by atoms with Crippen LogP contribution in [0.25, 0.3) is 5.65 Å². The third-order valence-corrected chi connectivity index (χ3v) is 7.44. The molecular weight excluding hydrogens is 492 g/mol. The van der Waals surface area contributed by atoms with Gasteiger partial charge >= 0.3 is 0 Å². The summed E-state index contributed by atoms with van der Waals surface area (Å²) in [5, 5.41) is 14.5. The lowest BCUT2D eigenvalue weighted by Gasteiger charge is -2.32. The van der Waals surface area contributed by atoms with Crippen LogP contribution < -0.4 is 15.1 Å². The maximum absolute atomic E-state index is 13.4. The van der Waals surface area contributed by atoms with Gasteiger partial charge < -0.3 is 10.1 Å². The van der Waals surface area contributed by atoms with E-state index in [1.807, 2.05) is 17.3 Å². The molecule has 1 aromatic carbocycles. The highest BCUT2D eigenvalue weighted by atomic mass is 16.5. The number of benzene rings is 1. The zero-order valence-corrected chi connectivity index (χ0v) is 22.2. The van der Waals surface area contributed by atoms with Crippen LogP contribution in [0.5, 0.6) is 5.88 Å². The van der Waals surface area contributed by atoms with Crippen LogP contribution in [0.4, 0.5) is 5.69 Å². The molecular formula is C29H32N8O2. The Bertz CT molecular complexity index is 1480. The molecule has 1 saturated heterocycles. The number of amides is 1. The molecule has 0 bridgehead atoms. The Hall–Kier alpha value is -4.31. The number of methoxy groups -OCH3 is 1. The molecule has 2 atom stereocenters. The van der Waals surface area contributed by atoms with Crippen LogP contribution in [-0.2, 0) is 6.54 Å². The Balaban J connectivity index is 1.20. The van der Waals surface area contributed by atoms with Gasteiger partial charge in [-0.15, -0.1) is 0 Å². The lowest BCUT2D eigenvalue weighted by molar-refractivity contribution is 0.0940. The van der Waals surface area contributed by atoms with Gasteiger partial charge in [-0.05, 0) is 50.1 Å². The number of rotatable bonds is 7. The van der Waals surface area contributed by atoms with E-state index in [1.165, 1.54) is 11.1 Å². The molecule has 6 rings (SSSR count). The Morgan fingerprint density at radius 2 is 2.00 bits per heavy atom. The van der Waals surface area contributed by atoms with Crippen LogP contribution in [0.1, 0.15) is 40.7 Å². The van der Waals surface area contributed by atoms with Gasteiger partial charge in [0, 0.05) is 55.8 Å². The fourth-order valence-corrected chi connectivity index (χ4v) is 5.40. The lowest BCUT2D eigenvalue weighted by Crippen LogP contribution is -2.44. The van der Waals surface area contributed by atoms with Crippen molar-refractivity contribution in [3.8, 4) is 5.88 Å². The van der Waals surface area contributed by atoms with Crippen LogP contribution in [0.15, 0.2) is 72.4 Å². The summed E-state index contributed by atoms with van der Waals surface area (Å²) in [6, 6.07) is 14.0. The number of fused-ring (bicyclic) bond motifs is 1. The summed E-state index contributed by atoms with van der Waals surface area (Å²) < 4.78 is 6.81. The molecule has 0 aliphatic carbocycles. The Kier molecular flexibility index (Phi) is 6.93. The average Bonchev–Trinajstić information content (AvgIpc) is 3.59. The largest absolute Gasteiger partial charge is 0.481 e. The van der Waals surface area contributed by atoms with Gasteiger partial charge in [0.2, 0.25) is 5.88 Å². The summed E-state index contributed by atoms with van der Waals surface area (Å²) in [6.45, 7) is 4.86. The van der Waals surface area contributed by atoms with Gasteiger partial charge in [-0.3, -0.25) is 9.69 Å². The number of hydrazone groups is 1. The SMILES string of the molecule is COc1ccc(CN2CCCC(C3=NN(c4ccc(C)cc4)C(NC(=O)c4cnn5cccnc45)C3)C2)cn1. The molecule has 39 heavy (non-hydrogen) atoms. The summed E-state index contributed by atoms with van der Waals surface area (Å²) >= 11 is 0. The first-order chi connectivity index (χ1) is 19.1. The van der Waals surface area contributed by atoms with Gasteiger partial charge in [0.1, 0.15) is 11.7 Å². The number of anilines is 1. The van der Waals surface area contributed by atoms with Crippen LogP contribution >= 0.6 is 0 Å². The minimum atomic E-state index is -0.296. The lowest BCUT2D eigenvalue weighted by atomic mass is 9.91. The second-order valence-corrected chi connectivity index (χ2v) is 10.2. The second kappa shape index (κ2) is 10.8. The van der Waals surface area contributed by atoms with E-state index in [2.05, 4.69) is 62.5 Å². The van der Waals surface area contributed by atoms with Gasteiger partial charge in [0.25, 0.3) is 5.91 Å². The number of pyridine rings is 1. The van der Waals surface area contributed by atoms with Crippen molar-refractivity contribution in [3.05, 3.63) is 83.9 Å². The van der Waals surface area contributed by atoms with E-state index in [9.17, 15) is 4.79 Å². The summed E-state index contributed by atoms with van der Waals surface area (Å²) in [4.78, 5) is 24.6. The molecule has 2 unspecified atom stereocenters. The number of likely N-dealkylation sites (tertiary alicyclic amines) is 1. The maximum Gasteiger partial charge on any atom is 0.258 e. The van der Waals surface area contributed by atoms with Crippen LogP contribution in [-0.4, -0.2) is 62.5 Å². The van der Waals surface area contributed by atoms with Crippen molar-refractivity contribution in [2.75, 3.05) is 25.2 Å². The second-order valence-electron chi connectivity index (χ2n) is 10.2. The normalized spacial score (nSPS) is 19.7. The summed E-state index contributed by atoms with van der Waals surface area (Å²) in [7, 11) is 1.63. The molecule has 5 heterocycles. The number of ether oxygens (including phenoxy) is 1. The Morgan fingerprint density at radius 1 is 1.13 bits per heavy atom. The first-order valence-electron chi connectivity index (χ1n) is 13.3. The molecule has 0 saturated carbocycles. The molecule has 1 amide bonds.